The van der Waals surface area contributed by atoms with Crippen LogP contribution in [-0.4, -0.2) is 28.6 Å². The Balaban J connectivity index is 1.61. The molecule has 6 nitrogen and oxygen atoms in total. The van der Waals surface area contributed by atoms with Crippen molar-refractivity contribution < 1.29 is 9.59 Å². The van der Waals surface area contributed by atoms with Gasteiger partial charge in [-0.25, -0.2) is 0 Å². The van der Waals surface area contributed by atoms with Gasteiger partial charge in [-0.05, 0) is 17.2 Å². The van der Waals surface area contributed by atoms with E-state index in [1.54, 1.807) is 18.3 Å². The maximum absolute atomic E-state index is 12.8. The number of amides is 2. The zero-order valence-corrected chi connectivity index (χ0v) is 13.3. The highest BCUT2D eigenvalue weighted by Gasteiger charge is 2.30. The molecular weight excluding hydrogens is 316 g/mol. The minimum absolute atomic E-state index is 0.147. The molecule has 0 saturated heterocycles. The number of hydrogen-bond donors (Lipinski definition) is 3. The van der Waals surface area contributed by atoms with Crippen LogP contribution in [0.2, 0.25) is 0 Å². The molecule has 1 aliphatic heterocycles. The Morgan fingerprint density at radius 2 is 1.80 bits per heavy atom. The number of carbonyl (C=O) groups excluding carboxylic acids is 2. The number of nitrogens with zero attached hydrogens (tertiary/aromatic N) is 1. The van der Waals surface area contributed by atoms with Crippen molar-refractivity contribution in [2.45, 2.75) is 5.92 Å². The molecule has 4 rings (SSSR count). The second-order valence-corrected chi connectivity index (χ2v) is 5.86. The minimum Gasteiger partial charge on any atom is -0.351 e. The van der Waals surface area contributed by atoms with E-state index in [-0.39, 0.29) is 18.4 Å². The topological polar surface area (TPSA) is 86.9 Å². The smallest absolute Gasteiger partial charge is 0.251 e. The number of rotatable bonds is 3. The fourth-order valence-electron chi connectivity index (χ4n) is 3.07. The molecule has 6 heteroatoms. The van der Waals surface area contributed by atoms with E-state index in [1.807, 2.05) is 42.5 Å². The molecule has 0 fully saturated rings. The first kappa shape index (κ1) is 15.1. The summed E-state index contributed by atoms with van der Waals surface area (Å²) in [5.41, 5.74) is 3.07. The van der Waals surface area contributed by atoms with E-state index in [9.17, 15) is 9.59 Å². The zero-order valence-electron chi connectivity index (χ0n) is 13.3. The van der Waals surface area contributed by atoms with Gasteiger partial charge in [0.2, 0.25) is 5.91 Å². The second-order valence-electron chi connectivity index (χ2n) is 5.86. The van der Waals surface area contributed by atoms with Gasteiger partial charge in [0.05, 0.1) is 12.1 Å². The molecule has 1 aliphatic rings. The van der Waals surface area contributed by atoms with Crippen LogP contribution in [0.1, 0.15) is 21.8 Å². The number of carbonyl (C=O) groups is 2. The van der Waals surface area contributed by atoms with Gasteiger partial charge in [0.15, 0.2) is 0 Å². The Labute approximate surface area is 144 Å². The lowest BCUT2D eigenvalue weighted by Crippen LogP contribution is -2.40. The second kappa shape index (κ2) is 6.24. The quantitative estimate of drug-likeness (QED) is 0.689. The van der Waals surface area contributed by atoms with Gasteiger partial charge in [0, 0.05) is 17.7 Å². The Kier molecular flexibility index (Phi) is 3.78. The number of anilines is 1. The van der Waals surface area contributed by atoms with Crippen LogP contribution >= 0.6 is 0 Å². The maximum atomic E-state index is 12.8. The molecule has 0 bridgehead atoms. The highest BCUT2D eigenvalue weighted by atomic mass is 16.2. The van der Waals surface area contributed by atoms with Crippen molar-refractivity contribution >= 4 is 17.6 Å². The van der Waals surface area contributed by atoms with Crippen molar-refractivity contribution in [2.75, 3.05) is 11.9 Å². The first-order valence-corrected chi connectivity index (χ1v) is 8.01. The van der Waals surface area contributed by atoms with Crippen LogP contribution < -0.4 is 10.6 Å². The van der Waals surface area contributed by atoms with Crippen molar-refractivity contribution in [1.29, 1.82) is 0 Å². The van der Waals surface area contributed by atoms with E-state index in [2.05, 4.69) is 20.8 Å². The number of aromatic nitrogens is 2. The van der Waals surface area contributed by atoms with E-state index in [0.29, 0.717) is 11.4 Å². The summed E-state index contributed by atoms with van der Waals surface area (Å²) in [7, 11) is 0. The first-order valence-electron chi connectivity index (χ1n) is 8.01. The van der Waals surface area contributed by atoms with E-state index >= 15 is 0 Å². The third-order valence-electron chi connectivity index (χ3n) is 4.34. The Bertz CT molecular complexity index is 933. The van der Waals surface area contributed by atoms with Crippen LogP contribution in [0.15, 0.2) is 60.8 Å². The van der Waals surface area contributed by atoms with Crippen molar-refractivity contribution in [3.63, 3.8) is 0 Å². The lowest BCUT2D eigenvalue weighted by Gasteiger charge is -2.24. The van der Waals surface area contributed by atoms with Crippen LogP contribution in [0, 0.1) is 0 Å². The maximum Gasteiger partial charge on any atom is 0.251 e. The third kappa shape index (κ3) is 2.78. The van der Waals surface area contributed by atoms with Gasteiger partial charge in [-0.3, -0.25) is 14.7 Å². The summed E-state index contributed by atoms with van der Waals surface area (Å²) in [6.45, 7) is 0.274. The number of nitrogens with one attached hydrogen (secondary N) is 3. The number of aromatic amines is 1. The fraction of sp³-hybridized carbons (Fsp3) is 0.105. The van der Waals surface area contributed by atoms with Crippen LogP contribution in [0.4, 0.5) is 5.82 Å². The summed E-state index contributed by atoms with van der Waals surface area (Å²) in [6.07, 6.45) is 1.68. The van der Waals surface area contributed by atoms with Gasteiger partial charge in [-0.2, -0.15) is 5.10 Å². The van der Waals surface area contributed by atoms with Gasteiger partial charge >= 0.3 is 0 Å². The van der Waals surface area contributed by atoms with Gasteiger partial charge in [-0.1, -0.05) is 48.5 Å². The van der Waals surface area contributed by atoms with Crippen LogP contribution in [0.25, 0.3) is 11.1 Å². The fourth-order valence-corrected chi connectivity index (χ4v) is 3.07. The van der Waals surface area contributed by atoms with Gasteiger partial charge in [0.25, 0.3) is 5.91 Å². The number of hydrogen-bond acceptors (Lipinski definition) is 3. The number of fused-ring (bicyclic) bond motifs is 1. The Morgan fingerprint density at radius 3 is 2.64 bits per heavy atom. The normalized spacial score (nSPS) is 16.0. The third-order valence-corrected chi connectivity index (χ3v) is 4.34. The molecular formula is C19H16N4O2. The van der Waals surface area contributed by atoms with E-state index in [4.69, 9.17) is 0 Å². The standard InChI is InChI=1S/C19H16N4O2/c24-18-14-9-5-4-8-13(14)16(10-20-18)19(25)22-17-15(11-21-23-17)12-6-2-1-3-7-12/h1-9,11,16H,10H2,(H,20,24)(H2,21,22,23,25). The highest BCUT2D eigenvalue weighted by Crippen LogP contribution is 2.28. The molecule has 124 valence electrons. The van der Waals surface area contributed by atoms with Crippen LogP contribution in [0.5, 0.6) is 0 Å². The van der Waals surface area contributed by atoms with Crippen LogP contribution in [0.3, 0.4) is 0 Å². The average molecular weight is 332 g/mol. The molecule has 3 aromatic rings. The molecule has 1 aromatic heterocycles. The highest BCUT2D eigenvalue weighted by molar-refractivity contribution is 6.04. The zero-order chi connectivity index (χ0) is 17.2. The molecule has 3 N–H and O–H groups in total. The van der Waals surface area contributed by atoms with Crippen molar-refractivity contribution in [3.8, 4) is 11.1 Å². The molecule has 1 unspecified atom stereocenters. The molecule has 2 heterocycles. The molecule has 0 radical (unpaired) electrons. The van der Waals surface area contributed by atoms with Gasteiger partial charge in [-0.15, -0.1) is 0 Å². The lowest BCUT2D eigenvalue weighted by atomic mass is 9.89. The Morgan fingerprint density at radius 1 is 1.04 bits per heavy atom. The lowest BCUT2D eigenvalue weighted by molar-refractivity contribution is -0.117. The predicted molar refractivity (Wildman–Crippen MR) is 94.2 cm³/mol. The van der Waals surface area contributed by atoms with E-state index in [0.717, 1.165) is 16.7 Å². The number of H-pyrrole nitrogens is 1. The summed E-state index contributed by atoms with van der Waals surface area (Å²) in [4.78, 5) is 24.8. The average Bonchev–Trinajstić information content (AvgIpc) is 3.11. The molecule has 0 aliphatic carbocycles. The molecule has 0 saturated carbocycles. The summed E-state index contributed by atoms with van der Waals surface area (Å²) in [5.74, 6) is -0.230. The summed E-state index contributed by atoms with van der Waals surface area (Å²) in [5, 5.41) is 12.6. The molecule has 2 aromatic carbocycles. The van der Waals surface area contributed by atoms with E-state index in [1.165, 1.54) is 0 Å². The largest absolute Gasteiger partial charge is 0.351 e. The number of benzene rings is 2. The molecule has 0 spiro atoms. The predicted octanol–water partition coefficient (Wildman–Crippen LogP) is 2.54. The summed E-state index contributed by atoms with van der Waals surface area (Å²) in [6, 6.07) is 16.9. The van der Waals surface area contributed by atoms with Gasteiger partial charge in [0.1, 0.15) is 5.82 Å². The summed E-state index contributed by atoms with van der Waals surface area (Å²) < 4.78 is 0. The van der Waals surface area contributed by atoms with Crippen molar-refractivity contribution in [3.05, 3.63) is 71.9 Å². The minimum atomic E-state index is -0.444. The first-order chi connectivity index (χ1) is 12.2. The van der Waals surface area contributed by atoms with E-state index < -0.39 is 5.92 Å². The molecule has 1 atom stereocenters. The van der Waals surface area contributed by atoms with Crippen molar-refractivity contribution in [1.82, 2.24) is 15.5 Å². The Hall–Kier alpha value is -3.41. The van der Waals surface area contributed by atoms with Crippen LogP contribution in [-0.2, 0) is 4.79 Å². The molecule has 2 amide bonds. The summed E-state index contributed by atoms with van der Waals surface area (Å²) >= 11 is 0. The van der Waals surface area contributed by atoms with Crippen molar-refractivity contribution in [2.24, 2.45) is 0 Å². The monoisotopic (exact) mass is 332 g/mol. The molecule has 25 heavy (non-hydrogen) atoms. The SMILES string of the molecule is O=C1NCC(C(=O)Nc2[nH]ncc2-c2ccccc2)c2ccccc21. The van der Waals surface area contributed by atoms with Gasteiger partial charge < -0.3 is 10.6 Å².